The van der Waals surface area contributed by atoms with Crippen LogP contribution >= 0.6 is 15.9 Å². The Hall–Kier alpha value is -1.82. The third kappa shape index (κ3) is 2.20. The third-order valence-electron chi connectivity index (χ3n) is 3.28. The fourth-order valence-electron chi connectivity index (χ4n) is 2.02. The Labute approximate surface area is 125 Å². The first-order valence-electron chi connectivity index (χ1n) is 6.26. The monoisotopic (exact) mass is 335 g/mol. The SMILES string of the molecule is Cc1nc(-c2cc(Br)c3c(c2)OCCO3)nc(N)c1C. The van der Waals surface area contributed by atoms with Crippen LogP contribution < -0.4 is 15.2 Å². The first-order chi connectivity index (χ1) is 9.56. The lowest BCUT2D eigenvalue weighted by Crippen LogP contribution is -2.15. The Bertz CT molecular complexity index is 665. The molecule has 1 aromatic heterocycles. The number of nitrogens with two attached hydrogens (primary N) is 1. The van der Waals surface area contributed by atoms with E-state index in [1.54, 1.807) is 0 Å². The quantitative estimate of drug-likeness (QED) is 0.867. The van der Waals surface area contributed by atoms with Crippen molar-refractivity contribution < 1.29 is 9.47 Å². The number of aromatic nitrogens is 2. The summed E-state index contributed by atoms with van der Waals surface area (Å²) in [4.78, 5) is 8.83. The van der Waals surface area contributed by atoms with Crippen molar-refractivity contribution >= 4 is 21.7 Å². The number of aryl methyl sites for hydroxylation is 1. The Morgan fingerprint density at radius 1 is 1.15 bits per heavy atom. The molecule has 0 amide bonds. The van der Waals surface area contributed by atoms with E-state index in [1.165, 1.54) is 0 Å². The molecule has 0 saturated carbocycles. The summed E-state index contributed by atoms with van der Waals surface area (Å²) >= 11 is 3.49. The summed E-state index contributed by atoms with van der Waals surface area (Å²) in [6, 6.07) is 3.79. The minimum Gasteiger partial charge on any atom is -0.486 e. The largest absolute Gasteiger partial charge is 0.486 e. The fourth-order valence-corrected chi connectivity index (χ4v) is 2.58. The van der Waals surface area contributed by atoms with E-state index in [1.807, 2.05) is 26.0 Å². The first-order valence-corrected chi connectivity index (χ1v) is 7.06. The molecule has 6 heteroatoms. The number of benzene rings is 1. The second-order valence-corrected chi connectivity index (χ2v) is 5.48. The molecule has 0 atom stereocenters. The Morgan fingerprint density at radius 2 is 1.90 bits per heavy atom. The van der Waals surface area contributed by atoms with Gasteiger partial charge in [0.2, 0.25) is 0 Å². The maximum absolute atomic E-state index is 5.92. The summed E-state index contributed by atoms with van der Waals surface area (Å²) in [6.07, 6.45) is 0. The summed E-state index contributed by atoms with van der Waals surface area (Å²) < 4.78 is 12.0. The second kappa shape index (κ2) is 4.94. The summed E-state index contributed by atoms with van der Waals surface area (Å²) in [7, 11) is 0. The van der Waals surface area contributed by atoms with Crippen LogP contribution in [0, 0.1) is 13.8 Å². The lowest BCUT2D eigenvalue weighted by molar-refractivity contribution is 0.170. The number of hydrogen-bond acceptors (Lipinski definition) is 5. The van der Waals surface area contributed by atoms with Gasteiger partial charge in [0.25, 0.3) is 0 Å². The number of rotatable bonds is 1. The number of hydrogen-bond donors (Lipinski definition) is 1. The van der Waals surface area contributed by atoms with Crippen molar-refractivity contribution in [2.75, 3.05) is 18.9 Å². The molecule has 1 aliphatic heterocycles. The van der Waals surface area contributed by atoms with Gasteiger partial charge in [0.15, 0.2) is 17.3 Å². The number of halogens is 1. The third-order valence-corrected chi connectivity index (χ3v) is 3.87. The molecular formula is C14H14BrN3O2. The van der Waals surface area contributed by atoms with Crippen molar-refractivity contribution in [1.82, 2.24) is 9.97 Å². The number of nitrogen functional groups attached to an aromatic ring is 1. The highest BCUT2D eigenvalue weighted by Gasteiger charge is 2.18. The summed E-state index contributed by atoms with van der Waals surface area (Å²) in [5, 5.41) is 0. The molecule has 2 N–H and O–H groups in total. The summed E-state index contributed by atoms with van der Waals surface area (Å²) in [5.74, 6) is 2.50. The molecule has 2 aromatic rings. The van der Waals surface area contributed by atoms with Crippen molar-refractivity contribution in [2.45, 2.75) is 13.8 Å². The van der Waals surface area contributed by atoms with Gasteiger partial charge in [-0.25, -0.2) is 9.97 Å². The molecule has 0 saturated heterocycles. The van der Waals surface area contributed by atoms with Crippen LogP contribution in [0.25, 0.3) is 11.4 Å². The molecule has 0 aliphatic carbocycles. The van der Waals surface area contributed by atoms with Crippen molar-refractivity contribution in [3.8, 4) is 22.9 Å². The van der Waals surface area contributed by atoms with Gasteiger partial charge in [-0.15, -0.1) is 0 Å². The van der Waals surface area contributed by atoms with Crippen LogP contribution in [0.4, 0.5) is 5.82 Å². The minimum absolute atomic E-state index is 0.499. The lowest BCUT2D eigenvalue weighted by atomic mass is 10.1. The highest BCUT2D eigenvalue weighted by Crippen LogP contribution is 2.40. The van der Waals surface area contributed by atoms with Crippen LogP contribution in [0.3, 0.4) is 0 Å². The standard InChI is InChI=1S/C14H14BrN3O2/c1-7-8(2)17-14(18-13(7)16)9-5-10(15)12-11(6-9)19-3-4-20-12/h5-6H,3-4H2,1-2H3,(H2,16,17,18). The minimum atomic E-state index is 0.499. The predicted molar refractivity (Wildman–Crippen MR) is 80.0 cm³/mol. The van der Waals surface area contributed by atoms with Gasteiger partial charge in [-0.05, 0) is 41.9 Å². The maximum atomic E-state index is 5.92. The molecule has 0 radical (unpaired) electrons. The van der Waals surface area contributed by atoms with Gasteiger partial charge >= 0.3 is 0 Å². The Balaban J connectivity index is 2.13. The molecule has 5 nitrogen and oxygen atoms in total. The number of fused-ring (bicyclic) bond motifs is 1. The summed E-state index contributed by atoms with van der Waals surface area (Å²) in [5.41, 5.74) is 8.54. The van der Waals surface area contributed by atoms with E-state index in [9.17, 15) is 0 Å². The zero-order chi connectivity index (χ0) is 14.3. The van der Waals surface area contributed by atoms with Gasteiger partial charge in [0.05, 0.1) is 4.47 Å². The molecule has 2 heterocycles. The lowest BCUT2D eigenvalue weighted by Gasteiger charge is -2.20. The number of anilines is 1. The number of ether oxygens (including phenoxy) is 2. The fraction of sp³-hybridized carbons (Fsp3) is 0.286. The smallest absolute Gasteiger partial charge is 0.175 e. The van der Waals surface area contributed by atoms with Crippen molar-refractivity contribution in [2.24, 2.45) is 0 Å². The van der Waals surface area contributed by atoms with Crippen LogP contribution in [0.5, 0.6) is 11.5 Å². The van der Waals surface area contributed by atoms with Gasteiger partial charge in [-0.3, -0.25) is 0 Å². The zero-order valence-corrected chi connectivity index (χ0v) is 12.8. The normalized spacial score (nSPS) is 13.3. The molecule has 1 aliphatic rings. The molecule has 1 aromatic carbocycles. The molecular weight excluding hydrogens is 322 g/mol. The van der Waals surface area contributed by atoms with Gasteiger partial charge in [-0.1, -0.05) is 0 Å². The van der Waals surface area contributed by atoms with Crippen LogP contribution in [-0.4, -0.2) is 23.2 Å². The average Bonchev–Trinajstić information content (AvgIpc) is 2.44. The molecule has 3 rings (SSSR count). The van der Waals surface area contributed by atoms with Crippen LogP contribution in [0.15, 0.2) is 16.6 Å². The highest BCUT2D eigenvalue weighted by molar-refractivity contribution is 9.10. The molecule has 104 valence electrons. The molecule has 0 spiro atoms. The Kier molecular flexibility index (Phi) is 3.25. The van der Waals surface area contributed by atoms with Gasteiger partial charge in [0.1, 0.15) is 19.0 Å². The van der Waals surface area contributed by atoms with Gasteiger partial charge in [0, 0.05) is 16.8 Å². The van der Waals surface area contributed by atoms with E-state index in [4.69, 9.17) is 15.2 Å². The highest BCUT2D eigenvalue weighted by atomic mass is 79.9. The average molecular weight is 336 g/mol. The van der Waals surface area contributed by atoms with E-state index in [0.717, 1.165) is 27.0 Å². The van der Waals surface area contributed by atoms with Gasteiger partial charge in [-0.2, -0.15) is 0 Å². The van der Waals surface area contributed by atoms with Crippen molar-refractivity contribution in [1.29, 1.82) is 0 Å². The predicted octanol–water partition coefficient (Wildman–Crippen LogP) is 2.88. The topological polar surface area (TPSA) is 70.3 Å². The first kappa shape index (κ1) is 13.2. The van der Waals surface area contributed by atoms with Crippen LogP contribution in [-0.2, 0) is 0 Å². The van der Waals surface area contributed by atoms with Crippen LogP contribution in [0.2, 0.25) is 0 Å². The molecule has 0 fully saturated rings. The number of nitrogens with zero attached hydrogens (tertiary/aromatic N) is 2. The molecule has 0 unspecified atom stereocenters. The van der Waals surface area contributed by atoms with E-state index in [2.05, 4.69) is 25.9 Å². The molecule has 0 bridgehead atoms. The van der Waals surface area contributed by atoms with Crippen LogP contribution in [0.1, 0.15) is 11.3 Å². The van der Waals surface area contributed by atoms with E-state index in [0.29, 0.717) is 30.6 Å². The Morgan fingerprint density at radius 3 is 2.65 bits per heavy atom. The van der Waals surface area contributed by atoms with E-state index in [-0.39, 0.29) is 0 Å². The second-order valence-electron chi connectivity index (χ2n) is 4.63. The van der Waals surface area contributed by atoms with Crippen molar-refractivity contribution in [3.63, 3.8) is 0 Å². The van der Waals surface area contributed by atoms with Gasteiger partial charge < -0.3 is 15.2 Å². The maximum Gasteiger partial charge on any atom is 0.175 e. The molecule has 20 heavy (non-hydrogen) atoms. The zero-order valence-electron chi connectivity index (χ0n) is 11.2. The van der Waals surface area contributed by atoms with E-state index < -0.39 is 0 Å². The van der Waals surface area contributed by atoms with Crippen molar-refractivity contribution in [3.05, 3.63) is 27.9 Å². The van der Waals surface area contributed by atoms with E-state index >= 15 is 0 Å². The summed E-state index contributed by atoms with van der Waals surface area (Å²) in [6.45, 7) is 4.93.